The van der Waals surface area contributed by atoms with Crippen molar-refractivity contribution in [3.05, 3.63) is 90.0 Å². The first kappa shape index (κ1) is 22.9. The van der Waals surface area contributed by atoms with E-state index in [1.807, 2.05) is 30.3 Å². The summed E-state index contributed by atoms with van der Waals surface area (Å²) < 4.78 is 52.9. The minimum absolute atomic E-state index is 0.00899. The standard InChI is InChI=1S/C22H20F2N2O3S2/c1-26(14-16-5-3-2-4-6-16)31(28,29)19-10-7-17(8-11-19)25-22(27)15-30-18-9-12-20(23)21(24)13-18/h2-13H,14-15H2,1H3,(H,25,27). The van der Waals surface area contributed by atoms with Crippen molar-refractivity contribution in [1.82, 2.24) is 4.31 Å². The van der Waals surface area contributed by atoms with Crippen LogP contribution >= 0.6 is 11.8 Å². The molecule has 0 heterocycles. The molecular weight excluding hydrogens is 442 g/mol. The number of hydrogen-bond acceptors (Lipinski definition) is 4. The van der Waals surface area contributed by atoms with E-state index in [0.29, 0.717) is 10.6 Å². The number of sulfonamides is 1. The van der Waals surface area contributed by atoms with E-state index in [2.05, 4.69) is 5.32 Å². The van der Waals surface area contributed by atoms with Crippen molar-refractivity contribution < 1.29 is 22.0 Å². The van der Waals surface area contributed by atoms with Gasteiger partial charge >= 0.3 is 0 Å². The van der Waals surface area contributed by atoms with Gasteiger partial charge in [-0.1, -0.05) is 30.3 Å². The van der Waals surface area contributed by atoms with Crippen LogP contribution in [0.25, 0.3) is 0 Å². The second-order valence-electron chi connectivity index (χ2n) is 6.68. The maximum Gasteiger partial charge on any atom is 0.243 e. The number of halogens is 2. The zero-order chi connectivity index (χ0) is 22.4. The average Bonchev–Trinajstić information content (AvgIpc) is 2.75. The molecule has 0 unspecified atom stereocenters. The van der Waals surface area contributed by atoms with Crippen molar-refractivity contribution in [2.75, 3.05) is 18.1 Å². The lowest BCUT2D eigenvalue weighted by Gasteiger charge is -2.17. The number of carbonyl (C=O) groups is 1. The Morgan fingerprint density at radius 2 is 1.65 bits per heavy atom. The van der Waals surface area contributed by atoms with Gasteiger partial charge in [-0.15, -0.1) is 11.8 Å². The third-order valence-corrected chi connectivity index (χ3v) is 7.17. The molecule has 0 saturated carbocycles. The van der Waals surface area contributed by atoms with Crippen molar-refractivity contribution >= 4 is 33.4 Å². The molecule has 0 fully saturated rings. The van der Waals surface area contributed by atoms with Gasteiger partial charge in [0.2, 0.25) is 15.9 Å². The molecule has 162 valence electrons. The molecule has 0 bridgehead atoms. The Morgan fingerprint density at radius 3 is 2.29 bits per heavy atom. The third kappa shape index (κ3) is 6.13. The van der Waals surface area contributed by atoms with Crippen LogP contribution in [0.2, 0.25) is 0 Å². The summed E-state index contributed by atoms with van der Waals surface area (Å²) in [4.78, 5) is 12.6. The van der Waals surface area contributed by atoms with Crippen LogP contribution in [0.5, 0.6) is 0 Å². The molecule has 1 amide bonds. The molecule has 0 saturated heterocycles. The number of nitrogens with zero attached hydrogens (tertiary/aromatic N) is 1. The lowest BCUT2D eigenvalue weighted by atomic mass is 10.2. The highest BCUT2D eigenvalue weighted by atomic mass is 32.2. The van der Waals surface area contributed by atoms with Gasteiger partial charge in [-0.05, 0) is 48.0 Å². The van der Waals surface area contributed by atoms with Crippen molar-refractivity contribution in [1.29, 1.82) is 0 Å². The number of amides is 1. The van der Waals surface area contributed by atoms with Crippen LogP contribution in [0.1, 0.15) is 5.56 Å². The predicted molar refractivity (Wildman–Crippen MR) is 117 cm³/mol. The van der Waals surface area contributed by atoms with Crippen LogP contribution in [-0.4, -0.2) is 31.4 Å². The summed E-state index contributed by atoms with van der Waals surface area (Å²) in [7, 11) is -2.18. The van der Waals surface area contributed by atoms with Crippen LogP contribution in [0.3, 0.4) is 0 Å². The molecule has 3 aromatic carbocycles. The normalized spacial score (nSPS) is 11.5. The second-order valence-corrected chi connectivity index (χ2v) is 9.78. The molecule has 0 radical (unpaired) electrons. The summed E-state index contributed by atoms with van der Waals surface area (Å²) in [6.07, 6.45) is 0. The number of anilines is 1. The second kappa shape index (κ2) is 10.0. The maximum atomic E-state index is 13.2. The summed E-state index contributed by atoms with van der Waals surface area (Å²) in [5.41, 5.74) is 1.30. The van der Waals surface area contributed by atoms with Crippen molar-refractivity contribution in [2.24, 2.45) is 0 Å². The SMILES string of the molecule is CN(Cc1ccccc1)S(=O)(=O)c1ccc(NC(=O)CSc2ccc(F)c(F)c2)cc1. The van der Waals surface area contributed by atoms with E-state index >= 15 is 0 Å². The highest BCUT2D eigenvalue weighted by Gasteiger charge is 2.21. The minimum Gasteiger partial charge on any atom is -0.325 e. The molecule has 3 rings (SSSR count). The number of thioether (sulfide) groups is 1. The summed E-state index contributed by atoms with van der Waals surface area (Å²) in [5, 5.41) is 2.65. The van der Waals surface area contributed by atoms with E-state index in [1.165, 1.54) is 41.7 Å². The smallest absolute Gasteiger partial charge is 0.243 e. The summed E-state index contributed by atoms with van der Waals surface area (Å²) >= 11 is 1.06. The molecular formula is C22H20F2N2O3S2. The van der Waals surface area contributed by atoms with Crippen LogP contribution < -0.4 is 5.32 Å². The summed E-state index contributed by atoms with van der Waals surface area (Å²) in [6, 6.07) is 18.5. The number of rotatable bonds is 8. The van der Waals surface area contributed by atoms with Crippen molar-refractivity contribution in [3.63, 3.8) is 0 Å². The molecule has 0 atom stereocenters. The quantitative estimate of drug-likeness (QED) is 0.500. The van der Waals surface area contributed by atoms with Gasteiger partial charge in [0.25, 0.3) is 0 Å². The molecule has 3 aromatic rings. The molecule has 0 aromatic heterocycles. The first-order chi connectivity index (χ1) is 14.8. The largest absolute Gasteiger partial charge is 0.325 e. The average molecular weight is 463 g/mol. The number of carbonyl (C=O) groups excluding carboxylic acids is 1. The van der Waals surface area contributed by atoms with E-state index in [4.69, 9.17) is 0 Å². The van der Waals surface area contributed by atoms with Gasteiger partial charge in [-0.25, -0.2) is 17.2 Å². The van der Waals surface area contributed by atoms with E-state index in [9.17, 15) is 22.0 Å². The molecule has 0 aliphatic carbocycles. The van der Waals surface area contributed by atoms with E-state index in [1.54, 1.807) is 0 Å². The lowest BCUT2D eigenvalue weighted by molar-refractivity contribution is -0.113. The Hall–Kier alpha value is -2.75. The number of benzene rings is 3. The fourth-order valence-corrected chi connectivity index (χ4v) is 4.61. The highest BCUT2D eigenvalue weighted by molar-refractivity contribution is 8.00. The molecule has 1 N–H and O–H groups in total. The van der Waals surface area contributed by atoms with Crippen LogP contribution in [-0.2, 0) is 21.4 Å². The third-order valence-electron chi connectivity index (χ3n) is 4.36. The Labute approximate surface area is 184 Å². The lowest BCUT2D eigenvalue weighted by Crippen LogP contribution is -2.26. The van der Waals surface area contributed by atoms with Gasteiger partial charge in [-0.2, -0.15) is 4.31 Å². The zero-order valence-electron chi connectivity index (χ0n) is 16.6. The fourth-order valence-electron chi connectivity index (χ4n) is 2.73. The van der Waals surface area contributed by atoms with Crippen LogP contribution in [0.15, 0.2) is 82.6 Å². The fraction of sp³-hybridized carbons (Fsp3) is 0.136. The number of nitrogens with one attached hydrogen (secondary N) is 1. The van der Waals surface area contributed by atoms with Gasteiger partial charge < -0.3 is 5.32 Å². The van der Waals surface area contributed by atoms with Crippen molar-refractivity contribution in [3.8, 4) is 0 Å². The Balaban J connectivity index is 1.58. The van der Waals surface area contributed by atoms with E-state index in [-0.39, 0.29) is 23.1 Å². The van der Waals surface area contributed by atoms with E-state index < -0.39 is 21.7 Å². The molecule has 31 heavy (non-hydrogen) atoms. The van der Waals surface area contributed by atoms with Gasteiger partial charge in [0, 0.05) is 24.2 Å². The van der Waals surface area contributed by atoms with E-state index in [0.717, 1.165) is 29.5 Å². The van der Waals surface area contributed by atoms with Crippen LogP contribution in [0.4, 0.5) is 14.5 Å². The summed E-state index contributed by atoms with van der Waals surface area (Å²) in [6.45, 7) is 0.239. The Bertz CT molecular complexity index is 1160. The summed E-state index contributed by atoms with van der Waals surface area (Å²) in [5.74, 6) is -2.28. The molecule has 9 heteroatoms. The van der Waals surface area contributed by atoms with Crippen molar-refractivity contribution in [2.45, 2.75) is 16.3 Å². The zero-order valence-corrected chi connectivity index (χ0v) is 18.2. The first-order valence-electron chi connectivity index (χ1n) is 9.24. The van der Waals surface area contributed by atoms with Gasteiger partial charge in [-0.3, -0.25) is 4.79 Å². The maximum absolute atomic E-state index is 13.2. The predicted octanol–water partition coefficient (Wildman–Crippen LogP) is 4.52. The Kier molecular flexibility index (Phi) is 7.42. The molecule has 0 spiro atoms. The first-order valence-corrected chi connectivity index (χ1v) is 11.7. The molecule has 0 aliphatic rings. The minimum atomic E-state index is -3.69. The van der Waals surface area contributed by atoms with Gasteiger partial charge in [0.05, 0.1) is 10.6 Å². The van der Waals surface area contributed by atoms with Gasteiger partial charge in [0.15, 0.2) is 11.6 Å². The highest BCUT2D eigenvalue weighted by Crippen LogP contribution is 2.22. The topological polar surface area (TPSA) is 66.5 Å². The van der Waals surface area contributed by atoms with Gasteiger partial charge in [0.1, 0.15) is 0 Å². The monoisotopic (exact) mass is 462 g/mol. The number of hydrogen-bond donors (Lipinski definition) is 1. The molecule has 0 aliphatic heterocycles. The molecule has 5 nitrogen and oxygen atoms in total. The Morgan fingerprint density at radius 1 is 0.968 bits per heavy atom. The van der Waals surface area contributed by atoms with Crippen LogP contribution in [0, 0.1) is 11.6 Å².